The first-order chi connectivity index (χ1) is 8.12. The fourth-order valence-electron chi connectivity index (χ4n) is 4.38. The molecule has 1 unspecified atom stereocenters. The van der Waals surface area contributed by atoms with Gasteiger partial charge in [0, 0.05) is 0 Å². The zero-order chi connectivity index (χ0) is 12.3. The lowest BCUT2D eigenvalue weighted by atomic mass is 9.71. The second-order valence-electron chi connectivity index (χ2n) is 7.07. The molecule has 2 aliphatic carbocycles. The number of rotatable bonds is 5. The van der Waals surface area contributed by atoms with Crippen molar-refractivity contribution in [2.45, 2.75) is 84.2 Å². The van der Waals surface area contributed by atoms with Crippen molar-refractivity contribution < 1.29 is 5.11 Å². The van der Waals surface area contributed by atoms with Crippen molar-refractivity contribution in [2.24, 2.45) is 17.3 Å². The Bertz CT molecular complexity index is 222. The highest BCUT2D eigenvalue weighted by Crippen LogP contribution is 2.48. The molecule has 0 spiro atoms. The highest BCUT2D eigenvalue weighted by atomic mass is 16.3. The molecule has 2 rings (SSSR count). The van der Waals surface area contributed by atoms with Gasteiger partial charge in [-0.25, -0.2) is 0 Å². The predicted molar refractivity (Wildman–Crippen MR) is 72.9 cm³/mol. The van der Waals surface area contributed by atoms with E-state index in [2.05, 4.69) is 13.8 Å². The van der Waals surface area contributed by atoms with Crippen LogP contribution in [0.3, 0.4) is 0 Å². The molecule has 0 aromatic carbocycles. The van der Waals surface area contributed by atoms with Crippen LogP contribution in [0.2, 0.25) is 0 Å². The highest BCUT2D eigenvalue weighted by molar-refractivity contribution is 4.92. The molecule has 0 saturated heterocycles. The minimum absolute atomic E-state index is 0.0181. The Morgan fingerprint density at radius 2 is 1.65 bits per heavy atom. The van der Waals surface area contributed by atoms with Gasteiger partial charge in [0.2, 0.25) is 0 Å². The quantitative estimate of drug-likeness (QED) is 0.746. The van der Waals surface area contributed by atoms with E-state index >= 15 is 0 Å². The fraction of sp³-hybridized carbons (Fsp3) is 1.00. The van der Waals surface area contributed by atoms with Crippen LogP contribution in [0.1, 0.15) is 78.1 Å². The maximum Gasteiger partial charge on any atom is 0.0599 e. The molecule has 100 valence electrons. The van der Waals surface area contributed by atoms with Gasteiger partial charge in [0.15, 0.2) is 0 Å². The summed E-state index contributed by atoms with van der Waals surface area (Å²) in [5.74, 6) is 1.56. The van der Waals surface area contributed by atoms with E-state index in [1.165, 1.54) is 57.8 Å². The molecule has 1 heteroatoms. The lowest BCUT2D eigenvalue weighted by Gasteiger charge is -2.37. The summed E-state index contributed by atoms with van der Waals surface area (Å²) in [7, 11) is 0. The molecule has 17 heavy (non-hydrogen) atoms. The average molecular weight is 238 g/mol. The molecule has 2 saturated carbocycles. The summed E-state index contributed by atoms with van der Waals surface area (Å²) in [6.45, 7) is 4.62. The predicted octanol–water partition coefficient (Wildman–Crippen LogP) is 4.53. The Labute approximate surface area is 107 Å². The molecule has 0 bridgehead atoms. The standard InChI is InChI=1S/C16H30O/c1-13(2)12-16(9-5-6-10-16)15(17)11-14-7-3-4-8-14/h13-15,17H,3-12H2,1-2H3. The Balaban J connectivity index is 1.94. The first kappa shape index (κ1) is 13.4. The maximum atomic E-state index is 10.7. The molecule has 0 aromatic rings. The summed E-state index contributed by atoms with van der Waals surface area (Å²) in [6.07, 6.45) is 13.1. The van der Waals surface area contributed by atoms with Gasteiger partial charge < -0.3 is 5.11 Å². The first-order valence-electron chi connectivity index (χ1n) is 7.80. The van der Waals surface area contributed by atoms with Crippen LogP contribution < -0.4 is 0 Å². The minimum Gasteiger partial charge on any atom is -0.393 e. The minimum atomic E-state index is -0.0181. The Kier molecular flexibility index (Phi) is 4.52. The van der Waals surface area contributed by atoms with Gasteiger partial charge in [-0.2, -0.15) is 0 Å². The van der Waals surface area contributed by atoms with E-state index in [4.69, 9.17) is 0 Å². The zero-order valence-corrected chi connectivity index (χ0v) is 11.8. The van der Waals surface area contributed by atoms with E-state index in [0.29, 0.717) is 0 Å². The molecule has 0 amide bonds. The molecule has 2 fully saturated rings. The van der Waals surface area contributed by atoms with E-state index in [0.717, 1.165) is 18.3 Å². The third-order valence-corrected chi connectivity index (χ3v) is 5.15. The topological polar surface area (TPSA) is 20.2 Å². The molecule has 2 aliphatic rings. The van der Waals surface area contributed by atoms with Crippen molar-refractivity contribution in [3.8, 4) is 0 Å². The monoisotopic (exact) mass is 238 g/mol. The van der Waals surface area contributed by atoms with Gasteiger partial charge in [-0.15, -0.1) is 0 Å². The van der Waals surface area contributed by atoms with Crippen LogP contribution in [0.15, 0.2) is 0 Å². The van der Waals surface area contributed by atoms with Crippen LogP contribution in [-0.4, -0.2) is 11.2 Å². The van der Waals surface area contributed by atoms with Crippen LogP contribution in [0.25, 0.3) is 0 Å². The SMILES string of the molecule is CC(C)CC1(C(O)CC2CCCC2)CCCC1. The third kappa shape index (κ3) is 3.24. The Morgan fingerprint density at radius 1 is 1.06 bits per heavy atom. The van der Waals surface area contributed by atoms with Crippen molar-refractivity contribution in [1.82, 2.24) is 0 Å². The van der Waals surface area contributed by atoms with Gasteiger partial charge in [0.1, 0.15) is 0 Å². The van der Waals surface area contributed by atoms with Crippen molar-refractivity contribution >= 4 is 0 Å². The smallest absolute Gasteiger partial charge is 0.0599 e. The average Bonchev–Trinajstić information content (AvgIpc) is 2.88. The van der Waals surface area contributed by atoms with Crippen LogP contribution in [0.5, 0.6) is 0 Å². The number of hydrogen-bond donors (Lipinski definition) is 1. The van der Waals surface area contributed by atoms with Gasteiger partial charge in [0.25, 0.3) is 0 Å². The number of hydrogen-bond acceptors (Lipinski definition) is 1. The molecule has 0 aliphatic heterocycles. The second kappa shape index (κ2) is 5.73. The van der Waals surface area contributed by atoms with E-state index < -0.39 is 0 Å². The van der Waals surface area contributed by atoms with E-state index in [1.54, 1.807) is 0 Å². The molecule has 0 radical (unpaired) electrons. The van der Waals surface area contributed by atoms with Crippen molar-refractivity contribution in [2.75, 3.05) is 0 Å². The number of aliphatic hydroxyl groups is 1. The number of aliphatic hydroxyl groups excluding tert-OH is 1. The van der Waals surface area contributed by atoms with E-state index in [1.807, 2.05) is 0 Å². The van der Waals surface area contributed by atoms with Gasteiger partial charge in [-0.1, -0.05) is 52.4 Å². The molecule has 1 N–H and O–H groups in total. The van der Waals surface area contributed by atoms with Crippen molar-refractivity contribution in [3.05, 3.63) is 0 Å². The normalized spacial score (nSPS) is 26.8. The van der Waals surface area contributed by atoms with Gasteiger partial charge in [-0.3, -0.25) is 0 Å². The molecular weight excluding hydrogens is 208 g/mol. The van der Waals surface area contributed by atoms with Crippen molar-refractivity contribution in [1.29, 1.82) is 0 Å². The van der Waals surface area contributed by atoms with Crippen molar-refractivity contribution in [3.63, 3.8) is 0 Å². The fourth-order valence-corrected chi connectivity index (χ4v) is 4.38. The molecule has 0 aromatic heterocycles. The van der Waals surface area contributed by atoms with Crippen LogP contribution in [-0.2, 0) is 0 Å². The van der Waals surface area contributed by atoms with E-state index in [9.17, 15) is 5.11 Å². The molecule has 1 nitrogen and oxygen atoms in total. The summed E-state index contributed by atoms with van der Waals surface area (Å²) < 4.78 is 0. The Hall–Kier alpha value is -0.0400. The van der Waals surface area contributed by atoms with Gasteiger partial charge >= 0.3 is 0 Å². The van der Waals surface area contributed by atoms with E-state index in [-0.39, 0.29) is 11.5 Å². The lowest BCUT2D eigenvalue weighted by Crippen LogP contribution is -2.35. The maximum absolute atomic E-state index is 10.7. The highest BCUT2D eigenvalue weighted by Gasteiger charge is 2.41. The summed E-state index contributed by atoms with van der Waals surface area (Å²) >= 11 is 0. The molecule has 0 heterocycles. The molecule has 1 atom stereocenters. The third-order valence-electron chi connectivity index (χ3n) is 5.15. The van der Waals surface area contributed by atoms with Gasteiger partial charge in [-0.05, 0) is 42.9 Å². The van der Waals surface area contributed by atoms with Crippen LogP contribution in [0.4, 0.5) is 0 Å². The summed E-state index contributed by atoms with van der Waals surface area (Å²) in [6, 6.07) is 0. The van der Waals surface area contributed by atoms with Gasteiger partial charge in [0.05, 0.1) is 6.10 Å². The van der Waals surface area contributed by atoms with Crippen LogP contribution >= 0.6 is 0 Å². The summed E-state index contributed by atoms with van der Waals surface area (Å²) in [4.78, 5) is 0. The summed E-state index contributed by atoms with van der Waals surface area (Å²) in [5, 5.41) is 10.7. The van der Waals surface area contributed by atoms with Crippen LogP contribution in [0, 0.1) is 17.3 Å². The largest absolute Gasteiger partial charge is 0.393 e. The first-order valence-corrected chi connectivity index (χ1v) is 7.80. The zero-order valence-electron chi connectivity index (χ0n) is 11.8. The second-order valence-corrected chi connectivity index (χ2v) is 7.07. The molecular formula is C16H30O. The lowest BCUT2D eigenvalue weighted by molar-refractivity contribution is -0.00337. The summed E-state index contributed by atoms with van der Waals surface area (Å²) in [5.41, 5.74) is 0.288. The Morgan fingerprint density at radius 3 is 2.18 bits per heavy atom.